The van der Waals surface area contributed by atoms with Gasteiger partial charge in [0.1, 0.15) is 6.61 Å². The molecule has 1 aliphatic rings. The SMILES string of the molecule is COc1cc(/C=N\NC(=O)c2ccccc2Cl)ccc1OCc1ccc(C(=O)N2CCCCC2)cc1. The van der Waals surface area contributed by atoms with E-state index in [-0.39, 0.29) is 5.91 Å². The highest BCUT2D eigenvalue weighted by molar-refractivity contribution is 6.33. The van der Waals surface area contributed by atoms with Gasteiger partial charge in [-0.25, -0.2) is 5.43 Å². The Balaban J connectivity index is 1.33. The zero-order valence-corrected chi connectivity index (χ0v) is 20.8. The second-order valence-corrected chi connectivity index (χ2v) is 8.83. The molecule has 0 spiro atoms. The standard InChI is InChI=1S/C28H28ClN3O4/c1-35-26-17-21(18-30-31-27(33)23-7-3-4-8-24(23)29)11-14-25(26)36-19-20-9-12-22(13-10-20)28(34)32-15-5-2-6-16-32/h3-4,7-14,17-18H,2,5-6,15-16,19H2,1H3,(H,31,33)/b30-18-. The summed E-state index contributed by atoms with van der Waals surface area (Å²) in [5, 5.41) is 4.36. The highest BCUT2D eigenvalue weighted by Crippen LogP contribution is 2.28. The van der Waals surface area contributed by atoms with Crippen LogP contribution in [0.3, 0.4) is 0 Å². The number of nitrogens with one attached hydrogen (secondary N) is 1. The molecule has 3 aromatic carbocycles. The number of rotatable bonds is 8. The van der Waals surface area contributed by atoms with E-state index in [0.29, 0.717) is 34.3 Å². The number of nitrogens with zero attached hydrogens (tertiary/aromatic N) is 2. The summed E-state index contributed by atoms with van der Waals surface area (Å²) >= 11 is 6.04. The second kappa shape index (κ2) is 12.2. The van der Waals surface area contributed by atoms with Gasteiger partial charge in [0.25, 0.3) is 11.8 Å². The van der Waals surface area contributed by atoms with Crippen LogP contribution in [0, 0.1) is 0 Å². The van der Waals surface area contributed by atoms with E-state index < -0.39 is 5.91 Å². The smallest absolute Gasteiger partial charge is 0.272 e. The van der Waals surface area contributed by atoms with Crippen molar-refractivity contribution in [3.8, 4) is 11.5 Å². The van der Waals surface area contributed by atoms with Gasteiger partial charge in [-0.1, -0.05) is 35.9 Å². The van der Waals surface area contributed by atoms with Crippen LogP contribution in [-0.2, 0) is 6.61 Å². The fourth-order valence-corrected chi connectivity index (χ4v) is 4.16. The van der Waals surface area contributed by atoms with Gasteiger partial charge in [0.2, 0.25) is 0 Å². The van der Waals surface area contributed by atoms with Crippen molar-refractivity contribution in [1.82, 2.24) is 10.3 Å². The first-order valence-corrected chi connectivity index (χ1v) is 12.2. The van der Waals surface area contributed by atoms with Crippen LogP contribution in [0.2, 0.25) is 5.02 Å². The largest absolute Gasteiger partial charge is 0.493 e. The first-order valence-electron chi connectivity index (χ1n) is 11.8. The third kappa shape index (κ3) is 6.43. The Kier molecular flexibility index (Phi) is 8.57. The minimum Gasteiger partial charge on any atom is -0.493 e. The Bertz CT molecular complexity index is 1240. The van der Waals surface area contributed by atoms with E-state index in [0.717, 1.165) is 37.1 Å². The molecular weight excluding hydrogens is 478 g/mol. The number of likely N-dealkylation sites (tertiary alicyclic amines) is 1. The summed E-state index contributed by atoms with van der Waals surface area (Å²) in [6.45, 7) is 1.99. The van der Waals surface area contributed by atoms with Gasteiger partial charge in [-0.15, -0.1) is 0 Å². The minimum absolute atomic E-state index is 0.0872. The normalized spacial score (nSPS) is 13.4. The number of carbonyl (C=O) groups excluding carboxylic acids is 2. The Morgan fingerprint density at radius 1 is 1.00 bits per heavy atom. The fraction of sp³-hybridized carbons (Fsp3) is 0.250. The van der Waals surface area contributed by atoms with E-state index in [4.69, 9.17) is 21.1 Å². The molecule has 0 radical (unpaired) electrons. The van der Waals surface area contributed by atoms with Crippen LogP contribution in [0.25, 0.3) is 0 Å². The summed E-state index contributed by atoms with van der Waals surface area (Å²) in [6.07, 6.45) is 4.85. The van der Waals surface area contributed by atoms with Crippen LogP contribution in [0.5, 0.6) is 11.5 Å². The molecule has 3 aromatic rings. The lowest BCUT2D eigenvalue weighted by Crippen LogP contribution is -2.35. The van der Waals surface area contributed by atoms with E-state index in [9.17, 15) is 9.59 Å². The van der Waals surface area contributed by atoms with Gasteiger partial charge in [0.15, 0.2) is 11.5 Å². The molecule has 4 rings (SSSR count). The molecule has 7 nitrogen and oxygen atoms in total. The first kappa shape index (κ1) is 25.3. The van der Waals surface area contributed by atoms with Gasteiger partial charge >= 0.3 is 0 Å². The average molecular weight is 506 g/mol. The van der Waals surface area contributed by atoms with Gasteiger partial charge in [0.05, 0.1) is 23.9 Å². The molecule has 0 bridgehead atoms. The zero-order chi connectivity index (χ0) is 25.3. The van der Waals surface area contributed by atoms with Gasteiger partial charge < -0.3 is 14.4 Å². The number of ether oxygens (including phenoxy) is 2. The molecule has 0 atom stereocenters. The Morgan fingerprint density at radius 2 is 1.75 bits per heavy atom. The maximum atomic E-state index is 12.6. The summed E-state index contributed by atoms with van der Waals surface area (Å²) in [5.74, 6) is 0.799. The lowest BCUT2D eigenvalue weighted by atomic mass is 10.1. The van der Waals surface area contributed by atoms with Crippen molar-refractivity contribution >= 4 is 29.6 Å². The van der Waals surface area contributed by atoms with Gasteiger partial charge in [-0.3, -0.25) is 9.59 Å². The number of hydrogen-bond acceptors (Lipinski definition) is 5. The van der Waals surface area contributed by atoms with Crippen LogP contribution >= 0.6 is 11.6 Å². The fourth-order valence-electron chi connectivity index (χ4n) is 3.94. The van der Waals surface area contributed by atoms with Gasteiger partial charge in [-0.05, 0) is 72.9 Å². The molecule has 1 aliphatic heterocycles. The number of hydrazone groups is 1. The molecule has 1 fully saturated rings. The molecule has 2 amide bonds. The number of benzene rings is 3. The molecule has 0 unspecified atom stereocenters. The maximum Gasteiger partial charge on any atom is 0.272 e. The topological polar surface area (TPSA) is 80.2 Å². The van der Waals surface area contributed by atoms with Crippen molar-refractivity contribution in [3.05, 3.63) is 94.0 Å². The summed E-state index contributed by atoms with van der Waals surface area (Å²) in [7, 11) is 1.56. The zero-order valence-electron chi connectivity index (χ0n) is 20.1. The molecule has 1 heterocycles. The highest BCUT2D eigenvalue weighted by atomic mass is 35.5. The van der Waals surface area contributed by atoms with Crippen molar-refractivity contribution in [2.24, 2.45) is 5.10 Å². The van der Waals surface area contributed by atoms with Crippen LogP contribution in [0.1, 0.15) is 51.1 Å². The molecule has 186 valence electrons. The van der Waals surface area contributed by atoms with Crippen molar-refractivity contribution in [2.75, 3.05) is 20.2 Å². The highest BCUT2D eigenvalue weighted by Gasteiger charge is 2.18. The third-order valence-electron chi connectivity index (χ3n) is 5.92. The molecule has 0 saturated carbocycles. The Labute approximate surface area is 215 Å². The van der Waals surface area contributed by atoms with E-state index in [1.807, 2.05) is 35.2 Å². The molecule has 0 aliphatic carbocycles. The van der Waals surface area contributed by atoms with Crippen molar-refractivity contribution in [3.63, 3.8) is 0 Å². The molecule has 36 heavy (non-hydrogen) atoms. The first-order chi connectivity index (χ1) is 17.5. The number of amides is 2. The maximum absolute atomic E-state index is 12.6. The van der Waals surface area contributed by atoms with Crippen LogP contribution in [0.15, 0.2) is 71.8 Å². The Hall–Kier alpha value is -3.84. The summed E-state index contributed by atoms with van der Waals surface area (Å²) < 4.78 is 11.4. The van der Waals surface area contributed by atoms with E-state index >= 15 is 0 Å². The third-order valence-corrected chi connectivity index (χ3v) is 6.25. The van der Waals surface area contributed by atoms with Gasteiger partial charge in [-0.2, -0.15) is 5.10 Å². The lowest BCUT2D eigenvalue weighted by molar-refractivity contribution is 0.0724. The molecular formula is C28H28ClN3O4. The second-order valence-electron chi connectivity index (χ2n) is 8.43. The molecule has 1 saturated heterocycles. The quantitative estimate of drug-likeness (QED) is 0.332. The summed E-state index contributed by atoms with van der Waals surface area (Å²) in [6, 6.07) is 19.6. The molecule has 0 aromatic heterocycles. The van der Waals surface area contributed by atoms with Crippen molar-refractivity contribution in [1.29, 1.82) is 0 Å². The van der Waals surface area contributed by atoms with Crippen LogP contribution < -0.4 is 14.9 Å². The minimum atomic E-state index is -0.396. The Morgan fingerprint density at radius 3 is 2.47 bits per heavy atom. The van der Waals surface area contributed by atoms with E-state index in [1.54, 1.807) is 43.5 Å². The predicted molar refractivity (Wildman–Crippen MR) is 140 cm³/mol. The number of carbonyl (C=O) groups is 2. The summed E-state index contributed by atoms with van der Waals surface area (Å²) in [5.41, 5.74) is 5.18. The summed E-state index contributed by atoms with van der Waals surface area (Å²) in [4.78, 5) is 26.8. The van der Waals surface area contributed by atoms with Crippen LogP contribution in [-0.4, -0.2) is 43.1 Å². The molecule has 1 N–H and O–H groups in total. The van der Waals surface area contributed by atoms with Crippen LogP contribution in [0.4, 0.5) is 0 Å². The number of piperidine rings is 1. The van der Waals surface area contributed by atoms with Crippen molar-refractivity contribution < 1.29 is 19.1 Å². The average Bonchev–Trinajstić information content (AvgIpc) is 2.92. The monoisotopic (exact) mass is 505 g/mol. The lowest BCUT2D eigenvalue weighted by Gasteiger charge is -2.26. The van der Waals surface area contributed by atoms with Gasteiger partial charge in [0, 0.05) is 18.7 Å². The number of halogens is 1. The van der Waals surface area contributed by atoms with Crippen molar-refractivity contribution in [2.45, 2.75) is 25.9 Å². The molecule has 8 heteroatoms. The van der Waals surface area contributed by atoms with E-state index in [2.05, 4.69) is 10.5 Å². The number of hydrogen-bond donors (Lipinski definition) is 1. The van der Waals surface area contributed by atoms with E-state index in [1.165, 1.54) is 12.6 Å². The number of methoxy groups -OCH3 is 1. The predicted octanol–water partition coefficient (Wildman–Crippen LogP) is 5.32.